The zero-order valence-electron chi connectivity index (χ0n) is 7.48. The van der Waals surface area contributed by atoms with Crippen LogP contribution >= 0.6 is 15.9 Å². The summed E-state index contributed by atoms with van der Waals surface area (Å²) in [6.07, 6.45) is 0. The lowest BCUT2D eigenvalue weighted by Crippen LogP contribution is -1.94. The Balaban J connectivity index is 2.46. The summed E-state index contributed by atoms with van der Waals surface area (Å²) in [4.78, 5) is 10.6. The third-order valence-electron chi connectivity index (χ3n) is 1.87. The quantitative estimate of drug-likeness (QED) is 0.909. The Bertz CT molecular complexity index is 507. The van der Waals surface area contributed by atoms with Crippen molar-refractivity contribution >= 4 is 21.9 Å². The monoisotopic (exact) mass is 267 g/mol. The van der Waals surface area contributed by atoms with Crippen molar-refractivity contribution in [3.63, 3.8) is 0 Å². The smallest absolute Gasteiger partial charge is 0.358 e. The van der Waals surface area contributed by atoms with Crippen LogP contribution in [0.2, 0.25) is 0 Å². The number of hydrogen-bond donors (Lipinski definition) is 1. The first-order valence-corrected chi connectivity index (χ1v) is 4.92. The molecule has 0 aliphatic rings. The molecule has 0 bridgehead atoms. The van der Waals surface area contributed by atoms with Crippen LogP contribution in [0.25, 0.3) is 11.3 Å². The summed E-state index contributed by atoms with van der Waals surface area (Å²) < 4.78 is 5.76. The van der Waals surface area contributed by atoms with Gasteiger partial charge in [-0.2, -0.15) is 0 Å². The van der Waals surface area contributed by atoms with E-state index in [4.69, 9.17) is 9.63 Å². The lowest BCUT2D eigenvalue weighted by atomic mass is 10.2. The van der Waals surface area contributed by atoms with Gasteiger partial charge in [-0.05, 0) is 12.1 Å². The predicted molar refractivity (Wildman–Crippen MR) is 56.6 cm³/mol. The first-order valence-electron chi connectivity index (χ1n) is 4.13. The van der Waals surface area contributed by atoms with Crippen molar-refractivity contribution in [2.45, 2.75) is 0 Å². The average Bonchev–Trinajstić information content (AvgIpc) is 2.67. The fourth-order valence-electron chi connectivity index (χ4n) is 1.16. The van der Waals surface area contributed by atoms with Crippen LogP contribution in [0.5, 0.6) is 0 Å². The Hall–Kier alpha value is -1.62. The molecule has 1 aromatic heterocycles. The first-order chi connectivity index (χ1) is 7.18. The lowest BCUT2D eigenvalue weighted by Gasteiger charge is -1.97. The predicted octanol–water partition coefficient (Wildman–Crippen LogP) is 2.80. The van der Waals surface area contributed by atoms with Crippen LogP contribution in [0.3, 0.4) is 0 Å². The van der Waals surface area contributed by atoms with E-state index in [0.717, 1.165) is 10.0 Å². The van der Waals surface area contributed by atoms with Gasteiger partial charge in [-0.25, -0.2) is 4.79 Å². The number of halogens is 1. The number of carboxylic acid groups (broad SMARTS) is 1. The van der Waals surface area contributed by atoms with E-state index in [2.05, 4.69) is 21.1 Å². The molecule has 2 rings (SSSR count). The van der Waals surface area contributed by atoms with Crippen molar-refractivity contribution in [1.82, 2.24) is 5.16 Å². The number of benzene rings is 1. The summed E-state index contributed by atoms with van der Waals surface area (Å²) in [5, 5.41) is 12.1. The van der Waals surface area contributed by atoms with Gasteiger partial charge in [0.2, 0.25) is 0 Å². The number of hydrogen-bond acceptors (Lipinski definition) is 3. The fourth-order valence-corrected chi connectivity index (χ4v) is 1.64. The zero-order chi connectivity index (χ0) is 10.8. The maximum atomic E-state index is 10.6. The normalized spacial score (nSPS) is 10.2. The van der Waals surface area contributed by atoms with E-state index in [-0.39, 0.29) is 5.69 Å². The molecule has 0 aliphatic carbocycles. The number of carbonyl (C=O) groups is 1. The highest BCUT2D eigenvalue weighted by Gasteiger charge is 2.13. The Labute approximate surface area is 93.6 Å². The molecule has 4 nitrogen and oxygen atoms in total. The molecule has 1 N–H and O–H groups in total. The molecular formula is C10H6BrNO3. The van der Waals surface area contributed by atoms with E-state index < -0.39 is 5.97 Å². The summed E-state index contributed by atoms with van der Waals surface area (Å²) in [5.74, 6) is -0.670. The van der Waals surface area contributed by atoms with Crippen molar-refractivity contribution in [1.29, 1.82) is 0 Å². The van der Waals surface area contributed by atoms with Crippen LogP contribution in [0.1, 0.15) is 10.5 Å². The largest absolute Gasteiger partial charge is 0.476 e. The van der Waals surface area contributed by atoms with E-state index >= 15 is 0 Å². The number of rotatable bonds is 2. The SMILES string of the molecule is O=C(O)c1cc(-c2ccccc2Br)on1. The van der Waals surface area contributed by atoms with E-state index in [1.807, 2.05) is 24.3 Å². The summed E-state index contributed by atoms with van der Waals surface area (Å²) in [5.41, 5.74) is 0.679. The molecule has 15 heavy (non-hydrogen) atoms. The van der Waals surface area contributed by atoms with Gasteiger partial charge in [0.25, 0.3) is 0 Å². The summed E-state index contributed by atoms with van der Waals surface area (Å²) in [6, 6.07) is 8.75. The van der Waals surface area contributed by atoms with Crippen molar-refractivity contribution in [3.8, 4) is 11.3 Å². The maximum absolute atomic E-state index is 10.6. The lowest BCUT2D eigenvalue weighted by molar-refractivity contribution is 0.0686. The van der Waals surface area contributed by atoms with Crippen LogP contribution in [0, 0.1) is 0 Å². The molecule has 0 radical (unpaired) electrons. The minimum absolute atomic E-state index is 0.0965. The van der Waals surface area contributed by atoms with Crippen LogP contribution < -0.4 is 0 Å². The number of carboxylic acids is 1. The second-order valence-corrected chi connectivity index (χ2v) is 3.72. The molecule has 0 amide bonds. The van der Waals surface area contributed by atoms with Crippen molar-refractivity contribution in [2.75, 3.05) is 0 Å². The summed E-state index contributed by atoms with van der Waals surface area (Å²) >= 11 is 3.34. The third kappa shape index (κ3) is 1.92. The van der Waals surface area contributed by atoms with Gasteiger partial charge in [0, 0.05) is 16.1 Å². The fraction of sp³-hybridized carbons (Fsp3) is 0. The van der Waals surface area contributed by atoms with Crippen molar-refractivity contribution in [3.05, 3.63) is 40.5 Å². The highest BCUT2D eigenvalue weighted by molar-refractivity contribution is 9.10. The van der Waals surface area contributed by atoms with Gasteiger partial charge in [0.15, 0.2) is 11.5 Å². The minimum atomic E-state index is -1.10. The molecule has 0 atom stereocenters. The number of aromatic nitrogens is 1. The third-order valence-corrected chi connectivity index (χ3v) is 2.56. The topological polar surface area (TPSA) is 63.3 Å². The van der Waals surface area contributed by atoms with E-state index in [0.29, 0.717) is 5.76 Å². The molecule has 5 heteroatoms. The second kappa shape index (κ2) is 3.86. The van der Waals surface area contributed by atoms with Crippen molar-refractivity contribution < 1.29 is 14.4 Å². The van der Waals surface area contributed by atoms with Gasteiger partial charge < -0.3 is 9.63 Å². The molecule has 0 fully saturated rings. The Morgan fingerprint density at radius 1 is 1.40 bits per heavy atom. The van der Waals surface area contributed by atoms with Gasteiger partial charge in [-0.15, -0.1) is 0 Å². The molecule has 0 saturated carbocycles. The van der Waals surface area contributed by atoms with Gasteiger partial charge in [0.05, 0.1) is 0 Å². The molecule has 0 unspecified atom stereocenters. The van der Waals surface area contributed by atoms with E-state index in [1.54, 1.807) is 0 Å². The molecule has 0 spiro atoms. The molecule has 1 aromatic carbocycles. The summed E-state index contributed by atoms with van der Waals surface area (Å²) in [6.45, 7) is 0. The van der Waals surface area contributed by atoms with Gasteiger partial charge in [0.1, 0.15) is 0 Å². The summed E-state index contributed by atoms with van der Waals surface area (Å²) in [7, 11) is 0. The molecule has 76 valence electrons. The van der Waals surface area contributed by atoms with Gasteiger partial charge in [-0.1, -0.05) is 33.2 Å². The first kappa shape index (κ1) is 9.92. The molecule has 2 aromatic rings. The van der Waals surface area contributed by atoms with Gasteiger partial charge in [-0.3, -0.25) is 0 Å². The van der Waals surface area contributed by atoms with Crippen LogP contribution in [0.4, 0.5) is 0 Å². The standard InChI is InChI=1S/C10H6BrNO3/c11-7-4-2-1-3-6(7)9-5-8(10(13)14)12-15-9/h1-5H,(H,13,14). The van der Waals surface area contributed by atoms with Crippen LogP contribution in [0.15, 0.2) is 39.3 Å². The second-order valence-electron chi connectivity index (χ2n) is 2.86. The Kier molecular flexibility index (Phi) is 2.55. The Morgan fingerprint density at radius 3 is 2.73 bits per heavy atom. The van der Waals surface area contributed by atoms with E-state index in [9.17, 15) is 4.79 Å². The molecular weight excluding hydrogens is 262 g/mol. The van der Waals surface area contributed by atoms with Crippen molar-refractivity contribution in [2.24, 2.45) is 0 Å². The van der Waals surface area contributed by atoms with Crippen LogP contribution in [-0.2, 0) is 0 Å². The zero-order valence-corrected chi connectivity index (χ0v) is 9.06. The highest BCUT2D eigenvalue weighted by atomic mass is 79.9. The highest BCUT2D eigenvalue weighted by Crippen LogP contribution is 2.28. The molecule has 0 saturated heterocycles. The van der Waals surface area contributed by atoms with E-state index in [1.165, 1.54) is 6.07 Å². The molecule has 1 heterocycles. The average molecular weight is 268 g/mol. The maximum Gasteiger partial charge on any atom is 0.358 e. The number of nitrogens with zero attached hydrogens (tertiary/aromatic N) is 1. The van der Waals surface area contributed by atoms with Gasteiger partial charge >= 0.3 is 5.97 Å². The molecule has 0 aliphatic heterocycles. The van der Waals surface area contributed by atoms with Crippen LogP contribution in [-0.4, -0.2) is 16.2 Å². The number of aromatic carboxylic acids is 1. The minimum Gasteiger partial charge on any atom is -0.476 e. The Morgan fingerprint density at radius 2 is 2.13 bits per heavy atom.